The molecule has 0 N–H and O–H groups in total. The van der Waals surface area contributed by atoms with Crippen LogP contribution in [0.4, 0.5) is 0 Å². The van der Waals surface area contributed by atoms with Crippen LogP contribution in [0.2, 0.25) is 0 Å². The van der Waals surface area contributed by atoms with Crippen molar-refractivity contribution in [3.63, 3.8) is 0 Å². The van der Waals surface area contributed by atoms with E-state index in [1.807, 2.05) is 24.7 Å². The lowest BCUT2D eigenvalue weighted by atomic mass is 10.4. The van der Waals surface area contributed by atoms with E-state index in [4.69, 9.17) is 16.3 Å². The van der Waals surface area contributed by atoms with Gasteiger partial charge in [0.05, 0.1) is 31.3 Å². The number of nitrogens with zero attached hydrogens (tertiary/aromatic N) is 2. The van der Waals surface area contributed by atoms with Crippen LogP contribution >= 0.6 is 11.6 Å². The van der Waals surface area contributed by atoms with E-state index in [2.05, 4.69) is 5.10 Å². The van der Waals surface area contributed by atoms with Gasteiger partial charge in [0, 0.05) is 11.8 Å². The molecular weight excluding hydrogens is 188 g/mol. The fourth-order valence-corrected chi connectivity index (χ4v) is 1.12. The molecule has 0 aromatic carbocycles. The summed E-state index contributed by atoms with van der Waals surface area (Å²) in [6.07, 6.45) is 4.00. The number of alkyl halides is 1. The van der Waals surface area contributed by atoms with Crippen LogP contribution in [0.5, 0.6) is 0 Å². The van der Waals surface area contributed by atoms with E-state index < -0.39 is 0 Å². The smallest absolute Gasteiger partial charge is 0.0666 e. The summed E-state index contributed by atoms with van der Waals surface area (Å²) in [5.41, 5.74) is 1.05. The van der Waals surface area contributed by atoms with Crippen LogP contribution in [0.25, 0.3) is 0 Å². The van der Waals surface area contributed by atoms with E-state index in [-0.39, 0.29) is 6.10 Å². The van der Waals surface area contributed by atoms with Gasteiger partial charge in [-0.15, -0.1) is 11.6 Å². The molecule has 0 radical (unpaired) electrons. The predicted molar refractivity (Wildman–Crippen MR) is 52.9 cm³/mol. The Balaban J connectivity index is 2.28. The Bertz CT molecular complexity index is 248. The summed E-state index contributed by atoms with van der Waals surface area (Å²) in [4.78, 5) is 0. The topological polar surface area (TPSA) is 27.1 Å². The van der Waals surface area contributed by atoms with Gasteiger partial charge in [-0.25, -0.2) is 0 Å². The zero-order valence-electron chi connectivity index (χ0n) is 8.03. The summed E-state index contributed by atoms with van der Waals surface area (Å²) >= 11 is 5.64. The maximum absolute atomic E-state index is 5.64. The summed E-state index contributed by atoms with van der Waals surface area (Å²) < 4.78 is 7.24. The van der Waals surface area contributed by atoms with Crippen LogP contribution in [0.15, 0.2) is 12.4 Å². The number of hydrogen-bond donors (Lipinski definition) is 0. The van der Waals surface area contributed by atoms with Crippen LogP contribution in [0.1, 0.15) is 19.4 Å². The number of rotatable bonds is 5. The molecule has 1 rings (SSSR count). The zero-order valence-corrected chi connectivity index (χ0v) is 8.79. The Morgan fingerprint density at radius 2 is 2.38 bits per heavy atom. The minimum Gasteiger partial charge on any atom is -0.377 e. The lowest BCUT2D eigenvalue weighted by molar-refractivity contribution is 0.0709. The molecule has 1 aromatic heterocycles. The Hall–Kier alpha value is -0.540. The molecular formula is C9H15ClN2O. The Morgan fingerprint density at radius 3 is 2.92 bits per heavy atom. The van der Waals surface area contributed by atoms with Crippen molar-refractivity contribution in [2.24, 2.45) is 0 Å². The largest absolute Gasteiger partial charge is 0.377 e. The van der Waals surface area contributed by atoms with Gasteiger partial charge in [-0.3, -0.25) is 4.68 Å². The fraction of sp³-hybridized carbons (Fsp3) is 0.667. The van der Waals surface area contributed by atoms with Crippen molar-refractivity contribution in [1.29, 1.82) is 0 Å². The summed E-state index contributed by atoms with van der Waals surface area (Å²) in [5, 5.41) is 4.14. The minimum atomic E-state index is 0.281. The molecule has 3 nitrogen and oxygen atoms in total. The molecule has 0 amide bonds. The average molecular weight is 203 g/mol. The number of halogens is 1. The lowest BCUT2D eigenvalue weighted by Gasteiger charge is -2.06. The maximum atomic E-state index is 5.64. The van der Waals surface area contributed by atoms with Crippen molar-refractivity contribution in [1.82, 2.24) is 9.78 Å². The molecule has 0 atom stereocenters. The number of aromatic nitrogens is 2. The molecule has 0 saturated carbocycles. The van der Waals surface area contributed by atoms with Gasteiger partial charge in [0.1, 0.15) is 0 Å². The molecule has 0 bridgehead atoms. The third-order valence-electron chi connectivity index (χ3n) is 1.61. The normalized spacial score (nSPS) is 11.1. The zero-order chi connectivity index (χ0) is 9.68. The van der Waals surface area contributed by atoms with Gasteiger partial charge in [0.2, 0.25) is 0 Å². The lowest BCUT2D eigenvalue weighted by Crippen LogP contribution is -2.10. The Morgan fingerprint density at radius 1 is 1.62 bits per heavy atom. The molecule has 0 aliphatic rings. The summed E-state index contributed by atoms with van der Waals surface area (Å²) in [5.74, 6) is 0.519. The molecule has 0 saturated heterocycles. The second-order valence-electron chi connectivity index (χ2n) is 3.16. The number of hydrogen-bond acceptors (Lipinski definition) is 2. The minimum absolute atomic E-state index is 0.281. The van der Waals surface area contributed by atoms with Crippen molar-refractivity contribution < 1.29 is 4.74 Å². The second-order valence-corrected chi connectivity index (χ2v) is 3.43. The van der Waals surface area contributed by atoms with Crippen LogP contribution < -0.4 is 0 Å². The molecule has 4 heteroatoms. The molecule has 0 unspecified atom stereocenters. The van der Waals surface area contributed by atoms with Crippen LogP contribution in [0, 0.1) is 0 Å². The van der Waals surface area contributed by atoms with Gasteiger partial charge in [-0.1, -0.05) is 0 Å². The number of ether oxygens (including phenoxy) is 1. The first kappa shape index (κ1) is 10.5. The van der Waals surface area contributed by atoms with E-state index in [1.54, 1.807) is 6.20 Å². The van der Waals surface area contributed by atoms with Crippen molar-refractivity contribution in [2.75, 3.05) is 6.61 Å². The standard InChI is InChI=1S/C9H15ClN2O/c1-8(2)13-4-3-12-7-9(5-10)6-11-12/h6-8H,3-5H2,1-2H3. The van der Waals surface area contributed by atoms with Crippen molar-refractivity contribution in [3.8, 4) is 0 Å². The summed E-state index contributed by atoms with van der Waals surface area (Å²) in [6.45, 7) is 5.52. The molecule has 1 heterocycles. The quantitative estimate of drug-likeness (QED) is 0.684. The van der Waals surface area contributed by atoms with Crippen molar-refractivity contribution >= 4 is 11.6 Å². The SMILES string of the molecule is CC(C)OCCn1cc(CCl)cn1. The van der Waals surface area contributed by atoms with E-state index >= 15 is 0 Å². The van der Waals surface area contributed by atoms with Crippen molar-refractivity contribution in [3.05, 3.63) is 18.0 Å². The van der Waals surface area contributed by atoms with Gasteiger partial charge < -0.3 is 4.74 Å². The first-order chi connectivity index (χ1) is 6.22. The maximum Gasteiger partial charge on any atom is 0.0666 e. The average Bonchev–Trinajstić information content (AvgIpc) is 2.52. The van der Waals surface area contributed by atoms with Gasteiger partial charge in [0.25, 0.3) is 0 Å². The first-order valence-corrected chi connectivity index (χ1v) is 4.94. The van der Waals surface area contributed by atoms with Gasteiger partial charge in [-0.05, 0) is 13.8 Å². The Kier molecular flexibility index (Phi) is 4.25. The third-order valence-corrected chi connectivity index (χ3v) is 1.92. The monoisotopic (exact) mass is 202 g/mol. The summed E-state index contributed by atoms with van der Waals surface area (Å²) in [6, 6.07) is 0. The predicted octanol–water partition coefficient (Wildman–Crippen LogP) is 2.05. The molecule has 1 aromatic rings. The Labute approximate surface area is 83.6 Å². The van der Waals surface area contributed by atoms with Crippen LogP contribution in [-0.2, 0) is 17.2 Å². The van der Waals surface area contributed by atoms with Gasteiger partial charge in [-0.2, -0.15) is 5.10 Å². The van der Waals surface area contributed by atoms with E-state index in [1.165, 1.54) is 0 Å². The molecule has 0 aliphatic heterocycles. The fourth-order valence-electron chi connectivity index (χ4n) is 0.980. The highest BCUT2D eigenvalue weighted by Crippen LogP contribution is 2.01. The molecule has 0 spiro atoms. The van der Waals surface area contributed by atoms with Crippen molar-refractivity contribution in [2.45, 2.75) is 32.4 Å². The van der Waals surface area contributed by atoms with E-state index in [0.29, 0.717) is 12.5 Å². The summed E-state index contributed by atoms with van der Waals surface area (Å²) in [7, 11) is 0. The van der Waals surface area contributed by atoms with Gasteiger partial charge in [0.15, 0.2) is 0 Å². The van der Waals surface area contributed by atoms with Crippen LogP contribution in [-0.4, -0.2) is 22.5 Å². The van der Waals surface area contributed by atoms with Crippen LogP contribution in [0.3, 0.4) is 0 Å². The van der Waals surface area contributed by atoms with Gasteiger partial charge >= 0.3 is 0 Å². The van der Waals surface area contributed by atoms with E-state index in [0.717, 1.165) is 12.1 Å². The molecule has 13 heavy (non-hydrogen) atoms. The highest BCUT2D eigenvalue weighted by molar-refractivity contribution is 6.17. The third kappa shape index (κ3) is 3.79. The molecule has 0 aliphatic carbocycles. The first-order valence-electron chi connectivity index (χ1n) is 4.41. The van der Waals surface area contributed by atoms with E-state index in [9.17, 15) is 0 Å². The highest BCUT2D eigenvalue weighted by Gasteiger charge is 1.97. The molecule has 0 fully saturated rings. The molecule has 74 valence electrons. The second kappa shape index (κ2) is 5.25. The highest BCUT2D eigenvalue weighted by atomic mass is 35.5.